The highest BCUT2D eigenvalue weighted by atomic mass is 19.1. The third-order valence-corrected chi connectivity index (χ3v) is 2.05. The zero-order chi connectivity index (χ0) is 13.8. The smallest absolute Gasteiger partial charge is 0.239 e. The van der Waals surface area contributed by atoms with E-state index in [9.17, 15) is 9.18 Å². The molecule has 0 radical (unpaired) electrons. The summed E-state index contributed by atoms with van der Waals surface area (Å²) in [5.41, 5.74) is 0.201. The minimum atomic E-state index is -0.567. The Morgan fingerprint density at radius 2 is 2.11 bits per heavy atom. The van der Waals surface area contributed by atoms with Gasteiger partial charge in [-0.1, -0.05) is 0 Å². The zero-order valence-corrected chi connectivity index (χ0v) is 10.7. The first-order valence-electron chi connectivity index (χ1n) is 5.56. The molecule has 1 aromatic carbocycles. The van der Waals surface area contributed by atoms with E-state index in [-0.39, 0.29) is 23.6 Å². The van der Waals surface area contributed by atoms with Crippen molar-refractivity contribution in [3.8, 4) is 6.07 Å². The summed E-state index contributed by atoms with van der Waals surface area (Å²) in [5, 5.41) is 14.3. The van der Waals surface area contributed by atoms with Crippen LogP contribution in [0, 0.1) is 17.1 Å². The average Bonchev–Trinajstić information content (AvgIpc) is 2.25. The summed E-state index contributed by atoms with van der Waals surface area (Å²) in [4.78, 5) is 11.5. The summed E-state index contributed by atoms with van der Waals surface area (Å²) in [5.74, 6) is -0.729. The van der Waals surface area contributed by atoms with Crippen LogP contribution in [0.3, 0.4) is 0 Å². The maximum atomic E-state index is 13.1. The molecule has 1 amide bonds. The summed E-state index contributed by atoms with van der Waals surface area (Å²) in [6.07, 6.45) is 0. The third-order valence-electron chi connectivity index (χ3n) is 2.05. The van der Waals surface area contributed by atoms with Crippen LogP contribution in [0.5, 0.6) is 0 Å². The molecule has 18 heavy (non-hydrogen) atoms. The molecule has 0 atom stereocenters. The van der Waals surface area contributed by atoms with Crippen molar-refractivity contribution in [2.45, 2.75) is 26.3 Å². The van der Waals surface area contributed by atoms with Gasteiger partial charge in [0.25, 0.3) is 0 Å². The largest absolute Gasteiger partial charge is 0.376 e. The van der Waals surface area contributed by atoms with Crippen molar-refractivity contribution in [2.75, 3.05) is 11.9 Å². The number of carbonyl (C=O) groups is 1. The number of nitriles is 1. The molecule has 0 saturated carbocycles. The average molecular weight is 249 g/mol. The van der Waals surface area contributed by atoms with Crippen LogP contribution in [0.2, 0.25) is 0 Å². The minimum absolute atomic E-state index is 0.0452. The Labute approximate surface area is 106 Å². The molecule has 1 rings (SSSR count). The molecular formula is C13H16FN3O. The summed E-state index contributed by atoms with van der Waals surface area (Å²) in [6, 6.07) is 5.80. The van der Waals surface area contributed by atoms with Crippen LogP contribution >= 0.6 is 0 Å². The number of benzene rings is 1. The number of nitrogens with zero attached hydrogens (tertiary/aromatic N) is 1. The number of hydrogen-bond acceptors (Lipinski definition) is 3. The Kier molecular flexibility index (Phi) is 4.27. The number of halogens is 1. The van der Waals surface area contributed by atoms with Crippen LogP contribution in [-0.4, -0.2) is 18.0 Å². The van der Waals surface area contributed by atoms with Gasteiger partial charge in [0.05, 0.1) is 12.1 Å². The first-order chi connectivity index (χ1) is 8.31. The van der Waals surface area contributed by atoms with E-state index in [0.29, 0.717) is 5.69 Å². The SMILES string of the molecule is CC(C)(C)NC(=O)CNc1ccc(F)c(C#N)c1. The maximum absolute atomic E-state index is 13.1. The van der Waals surface area contributed by atoms with Crippen LogP contribution < -0.4 is 10.6 Å². The number of nitrogens with one attached hydrogen (secondary N) is 2. The number of rotatable bonds is 3. The van der Waals surface area contributed by atoms with Crippen molar-refractivity contribution in [2.24, 2.45) is 0 Å². The predicted octanol–water partition coefficient (Wildman–Crippen LogP) is 2.02. The Bertz CT molecular complexity index is 486. The highest BCUT2D eigenvalue weighted by molar-refractivity contribution is 5.81. The molecule has 4 nitrogen and oxygen atoms in total. The second-order valence-electron chi connectivity index (χ2n) is 4.96. The molecule has 0 fully saturated rings. The molecule has 0 saturated heterocycles. The van der Waals surface area contributed by atoms with Gasteiger partial charge in [-0.15, -0.1) is 0 Å². The second-order valence-corrected chi connectivity index (χ2v) is 4.96. The molecule has 1 aromatic rings. The molecule has 0 aromatic heterocycles. The molecule has 96 valence electrons. The fourth-order valence-corrected chi connectivity index (χ4v) is 1.37. The van der Waals surface area contributed by atoms with Gasteiger partial charge in [0.1, 0.15) is 11.9 Å². The lowest BCUT2D eigenvalue weighted by atomic mass is 10.1. The molecule has 0 heterocycles. The number of hydrogen-bond donors (Lipinski definition) is 2. The summed E-state index contributed by atoms with van der Waals surface area (Å²) >= 11 is 0. The van der Waals surface area contributed by atoms with E-state index in [1.54, 1.807) is 6.07 Å². The van der Waals surface area contributed by atoms with Gasteiger partial charge < -0.3 is 10.6 Å². The van der Waals surface area contributed by atoms with Crippen LogP contribution in [0.25, 0.3) is 0 Å². The second kappa shape index (κ2) is 5.50. The van der Waals surface area contributed by atoms with Gasteiger partial charge >= 0.3 is 0 Å². The highest BCUT2D eigenvalue weighted by Gasteiger charge is 2.13. The van der Waals surface area contributed by atoms with Gasteiger partial charge in [-0.3, -0.25) is 4.79 Å². The van der Waals surface area contributed by atoms with E-state index in [1.165, 1.54) is 18.2 Å². The molecule has 0 aliphatic rings. The fraction of sp³-hybridized carbons (Fsp3) is 0.385. The normalized spacial score (nSPS) is 10.6. The molecule has 0 spiro atoms. The van der Waals surface area contributed by atoms with E-state index < -0.39 is 5.82 Å². The summed E-state index contributed by atoms with van der Waals surface area (Å²) < 4.78 is 13.1. The van der Waals surface area contributed by atoms with Gasteiger partial charge in [-0.25, -0.2) is 4.39 Å². The lowest BCUT2D eigenvalue weighted by Crippen LogP contribution is -2.43. The van der Waals surface area contributed by atoms with Crippen molar-refractivity contribution in [1.29, 1.82) is 5.26 Å². The molecule has 2 N–H and O–H groups in total. The Hall–Kier alpha value is -2.09. The summed E-state index contributed by atoms with van der Waals surface area (Å²) in [7, 11) is 0. The molecule has 0 unspecified atom stereocenters. The predicted molar refractivity (Wildman–Crippen MR) is 67.5 cm³/mol. The van der Waals surface area contributed by atoms with Gasteiger partial charge in [0, 0.05) is 11.2 Å². The lowest BCUT2D eigenvalue weighted by Gasteiger charge is -2.20. The maximum Gasteiger partial charge on any atom is 0.239 e. The number of carbonyl (C=O) groups excluding carboxylic acids is 1. The molecule has 5 heteroatoms. The van der Waals surface area contributed by atoms with Crippen molar-refractivity contribution in [3.05, 3.63) is 29.6 Å². The lowest BCUT2D eigenvalue weighted by molar-refractivity contribution is -0.120. The van der Waals surface area contributed by atoms with Crippen LogP contribution in [-0.2, 0) is 4.79 Å². The van der Waals surface area contributed by atoms with Gasteiger partial charge in [0.15, 0.2) is 0 Å². The van der Waals surface area contributed by atoms with Crippen LogP contribution in [0.1, 0.15) is 26.3 Å². The topological polar surface area (TPSA) is 64.9 Å². The van der Waals surface area contributed by atoms with Crippen LogP contribution in [0.4, 0.5) is 10.1 Å². The number of anilines is 1. The van der Waals surface area contributed by atoms with Gasteiger partial charge in [-0.2, -0.15) is 5.26 Å². The Balaban J connectivity index is 2.60. The van der Waals surface area contributed by atoms with Crippen LogP contribution in [0.15, 0.2) is 18.2 Å². The number of amides is 1. The third kappa shape index (κ3) is 4.42. The Morgan fingerprint density at radius 1 is 1.44 bits per heavy atom. The van der Waals surface area contributed by atoms with Gasteiger partial charge in [-0.05, 0) is 39.0 Å². The van der Waals surface area contributed by atoms with E-state index in [2.05, 4.69) is 10.6 Å². The van der Waals surface area contributed by atoms with Crippen molar-refractivity contribution in [3.63, 3.8) is 0 Å². The zero-order valence-electron chi connectivity index (χ0n) is 10.7. The van der Waals surface area contributed by atoms with E-state index >= 15 is 0 Å². The molecular weight excluding hydrogens is 233 g/mol. The first-order valence-corrected chi connectivity index (χ1v) is 5.56. The van der Waals surface area contributed by atoms with Crippen molar-refractivity contribution in [1.82, 2.24) is 5.32 Å². The highest BCUT2D eigenvalue weighted by Crippen LogP contribution is 2.13. The van der Waals surface area contributed by atoms with Crippen molar-refractivity contribution >= 4 is 11.6 Å². The monoisotopic (exact) mass is 249 g/mol. The first kappa shape index (κ1) is 14.0. The molecule has 0 aliphatic heterocycles. The molecule has 0 aliphatic carbocycles. The van der Waals surface area contributed by atoms with E-state index in [0.717, 1.165) is 0 Å². The van der Waals surface area contributed by atoms with E-state index in [1.807, 2.05) is 20.8 Å². The summed E-state index contributed by atoms with van der Waals surface area (Å²) in [6.45, 7) is 5.73. The van der Waals surface area contributed by atoms with E-state index in [4.69, 9.17) is 5.26 Å². The van der Waals surface area contributed by atoms with Crippen molar-refractivity contribution < 1.29 is 9.18 Å². The molecule has 0 bridgehead atoms. The standard InChI is InChI=1S/C13H16FN3O/c1-13(2,3)17-12(18)8-16-10-4-5-11(14)9(6-10)7-15/h4-6,16H,8H2,1-3H3,(H,17,18). The quantitative estimate of drug-likeness (QED) is 0.861. The Morgan fingerprint density at radius 3 is 2.67 bits per heavy atom. The minimum Gasteiger partial charge on any atom is -0.376 e. The fourth-order valence-electron chi connectivity index (χ4n) is 1.37. The van der Waals surface area contributed by atoms with Gasteiger partial charge in [0.2, 0.25) is 5.91 Å².